The van der Waals surface area contributed by atoms with Gasteiger partial charge in [0.25, 0.3) is 5.56 Å². The van der Waals surface area contributed by atoms with Gasteiger partial charge in [0.2, 0.25) is 0 Å². The van der Waals surface area contributed by atoms with Gasteiger partial charge in [-0.25, -0.2) is 9.78 Å². The van der Waals surface area contributed by atoms with Gasteiger partial charge in [-0.3, -0.25) is 13.9 Å². The third kappa shape index (κ3) is 3.52. The van der Waals surface area contributed by atoms with Crippen LogP contribution < -0.4 is 16.0 Å². The number of aromatic nitrogens is 4. The van der Waals surface area contributed by atoms with Crippen molar-refractivity contribution in [2.24, 2.45) is 7.05 Å². The van der Waals surface area contributed by atoms with Crippen molar-refractivity contribution >= 4 is 23.3 Å². The molecule has 2 heterocycles. The van der Waals surface area contributed by atoms with Crippen LogP contribution in [0.15, 0.2) is 53.1 Å². The Balaban J connectivity index is 2.19. The van der Waals surface area contributed by atoms with E-state index in [1.165, 1.54) is 23.8 Å². The summed E-state index contributed by atoms with van der Waals surface area (Å²) in [4.78, 5) is 30.1. The molecule has 0 spiro atoms. The van der Waals surface area contributed by atoms with E-state index < -0.39 is 11.2 Å². The molecule has 0 amide bonds. The number of fused-ring (bicyclic) bond motifs is 1. The quantitative estimate of drug-likeness (QED) is 0.620. The van der Waals surface area contributed by atoms with E-state index in [1.54, 1.807) is 42.0 Å². The van der Waals surface area contributed by atoms with Gasteiger partial charge in [0.1, 0.15) is 5.82 Å². The van der Waals surface area contributed by atoms with Gasteiger partial charge in [0, 0.05) is 20.1 Å². The third-order valence-corrected chi connectivity index (χ3v) is 4.53. The smallest absolute Gasteiger partial charge is 0.333 e. The minimum absolute atomic E-state index is 0.0450. The van der Waals surface area contributed by atoms with Crippen LogP contribution >= 0.6 is 0 Å². The summed E-state index contributed by atoms with van der Waals surface area (Å²) < 4.78 is 9.29. The van der Waals surface area contributed by atoms with Gasteiger partial charge in [-0.2, -0.15) is 0 Å². The largest absolute Gasteiger partial charge is 0.504 e. The molecule has 2 aromatic heterocycles. The van der Waals surface area contributed by atoms with E-state index in [9.17, 15) is 14.7 Å². The van der Waals surface area contributed by atoms with Crippen molar-refractivity contribution < 1.29 is 9.84 Å². The molecule has 0 aliphatic heterocycles. The summed E-state index contributed by atoms with van der Waals surface area (Å²) in [6.07, 6.45) is 6.59. The van der Waals surface area contributed by atoms with Crippen molar-refractivity contribution in [1.29, 1.82) is 0 Å². The number of hydrogen-bond donors (Lipinski definition) is 1. The van der Waals surface area contributed by atoms with Crippen LogP contribution in [0.5, 0.6) is 11.5 Å². The van der Waals surface area contributed by atoms with E-state index in [2.05, 4.69) is 18.1 Å². The van der Waals surface area contributed by atoms with Gasteiger partial charge in [0.15, 0.2) is 22.7 Å². The molecule has 0 atom stereocenters. The van der Waals surface area contributed by atoms with Gasteiger partial charge in [-0.1, -0.05) is 24.3 Å². The van der Waals surface area contributed by atoms with Crippen LogP contribution in [0.4, 0.5) is 0 Å². The second-order valence-corrected chi connectivity index (χ2v) is 6.35. The Labute approximate surface area is 166 Å². The number of hydrogen-bond acceptors (Lipinski definition) is 5. The highest BCUT2D eigenvalue weighted by Gasteiger charge is 2.18. The lowest BCUT2D eigenvalue weighted by atomic mass is 10.2. The molecule has 3 aromatic rings. The van der Waals surface area contributed by atoms with Crippen molar-refractivity contribution in [3.8, 4) is 11.5 Å². The molecule has 0 aliphatic rings. The fourth-order valence-corrected chi connectivity index (χ4v) is 3.08. The molecule has 0 aliphatic carbocycles. The SMILES string of the molecule is C=CCn1c(=O)c2c(nc(C=Cc3ccc(O)c(OC)c3)n2C)n(CC=C)c1=O. The zero-order chi connectivity index (χ0) is 21.1. The highest BCUT2D eigenvalue weighted by molar-refractivity contribution is 5.77. The summed E-state index contributed by atoms with van der Waals surface area (Å²) >= 11 is 0. The van der Waals surface area contributed by atoms with E-state index in [0.717, 1.165) is 10.1 Å². The lowest BCUT2D eigenvalue weighted by Crippen LogP contribution is -2.40. The molecular weight excluding hydrogens is 372 g/mol. The van der Waals surface area contributed by atoms with E-state index in [0.29, 0.717) is 22.7 Å². The van der Waals surface area contributed by atoms with Crippen molar-refractivity contribution in [2.75, 3.05) is 7.11 Å². The number of allylic oxidation sites excluding steroid dienone is 2. The maximum absolute atomic E-state index is 12.9. The number of methoxy groups -OCH3 is 1. The Morgan fingerprint density at radius 3 is 2.48 bits per heavy atom. The van der Waals surface area contributed by atoms with Crippen molar-refractivity contribution in [1.82, 2.24) is 18.7 Å². The standard InChI is InChI=1S/C21H22N4O4/c1-5-11-24-19-18(20(27)25(12-6-2)21(24)28)23(3)17(22-19)10-8-14-7-9-15(26)16(13-14)29-4/h5-10,13,26H,1-2,11-12H2,3-4H3. The average Bonchev–Trinajstić information content (AvgIpc) is 3.04. The summed E-state index contributed by atoms with van der Waals surface area (Å²) in [6, 6.07) is 4.93. The molecule has 1 N–H and O–H groups in total. The van der Waals surface area contributed by atoms with Gasteiger partial charge < -0.3 is 14.4 Å². The van der Waals surface area contributed by atoms with E-state index in [-0.39, 0.29) is 18.8 Å². The number of rotatable bonds is 7. The summed E-state index contributed by atoms with van der Waals surface area (Å²) in [7, 11) is 3.19. The zero-order valence-electron chi connectivity index (χ0n) is 16.3. The summed E-state index contributed by atoms with van der Waals surface area (Å²) in [5, 5.41) is 9.72. The van der Waals surface area contributed by atoms with E-state index >= 15 is 0 Å². The van der Waals surface area contributed by atoms with Crippen LogP contribution in [0, 0.1) is 0 Å². The maximum atomic E-state index is 12.9. The monoisotopic (exact) mass is 394 g/mol. The Morgan fingerprint density at radius 2 is 1.83 bits per heavy atom. The first-order chi connectivity index (χ1) is 13.9. The first-order valence-electron chi connectivity index (χ1n) is 8.89. The number of imidazole rings is 1. The van der Waals surface area contributed by atoms with Crippen LogP contribution in [0.2, 0.25) is 0 Å². The Hall–Kier alpha value is -3.81. The van der Waals surface area contributed by atoms with Gasteiger partial charge in [0.05, 0.1) is 7.11 Å². The number of ether oxygens (including phenoxy) is 1. The highest BCUT2D eigenvalue weighted by atomic mass is 16.5. The van der Waals surface area contributed by atoms with Gasteiger partial charge in [-0.15, -0.1) is 13.2 Å². The number of benzene rings is 1. The molecule has 150 valence electrons. The van der Waals surface area contributed by atoms with Crippen molar-refractivity contribution in [3.63, 3.8) is 0 Å². The van der Waals surface area contributed by atoms with Gasteiger partial charge in [-0.05, 0) is 23.8 Å². The number of aryl methyl sites for hydroxylation is 1. The number of nitrogens with zero attached hydrogens (tertiary/aromatic N) is 4. The average molecular weight is 394 g/mol. The summed E-state index contributed by atoms with van der Waals surface area (Å²) in [5.74, 6) is 0.894. The fraction of sp³-hybridized carbons (Fsp3) is 0.190. The lowest BCUT2D eigenvalue weighted by Gasteiger charge is -2.08. The molecule has 0 bridgehead atoms. The first-order valence-corrected chi connectivity index (χ1v) is 8.89. The maximum Gasteiger partial charge on any atom is 0.333 e. The predicted octanol–water partition coefficient (Wildman–Crippen LogP) is 2.15. The Kier molecular flexibility index (Phi) is 5.54. The van der Waals surface area contributed by atoms with Crippen LogP contribution in [-0.4, -0.2) is 30.9 Å². The van der Waals surface area contributed by atoms with Crippen LogP contribution in [0.1, 0.15) is 11.4 Å². The fourth-order valence-electron chi connectivity index (χ4n) is 3.08. The normalized spacial score (nSPS) is 11.2. The number of phenolic OH excluding ortho intramolecular Hbond substituents is 1. The molecule has 0 fully saturated rings. The van der Waals surface area contributed by atoms with Crippen LogP contribution in [0.3, 0.4) is 0 Å². The zero-order valence-corrected chi connectivity index (χ0v) is 16.3. The van der Waals surface area contributed by atoms with Crippen LogP contribution in [-0.2, 0) is 20.1 Å². The second kappa shape index (κ2) is 8.05. The molecule has 8 nitrogen and oxygen atoms in total. The molecule has 1 aromatic carbocycles. The van der Waals surface area contributed by atoms with E-state index in [1.807, 2.05) is 0 Å². The van der Waals surface area contributed by atoms with Crippen molar-refractivity contribution in [3.05, 3.63) is 75.7 Å². The predicted molar refractivity (Wildman–Crippen MR) is 113 cm³/mol. The summed E-state index contributed by atoms with van der Waals surface area (Å²) in [6.45, 7) is 7.63. The molecule has 29 heavy (non-hydrogen) atoms. The third-order valence-electron chi connectivity index (χ3n) is 4.53. The molecule has 0 unspecified atom stereocenters. The molecule has 0 saturated carbocycles. The molecular formula is C21H22N4O4. The molecule has 0 radical (unpaired) electrons. The molecule has 3 rings (SSSR count). The number of phenols is 1. The van der Waals surface area contributed by atoms with E-state index in [4.69, 9.17) is 4.74 Å². The van der Waals surface area contributed by atoms with Crippen LogP contribution in [0.25, 0.3) is 23.3 Å². The highest BCUT2D eigenvalue weighted by Crippen LogP contribution is 2.27. The summed E-state index contributed by atoms with van der Waals surface area (Å²) in [5.41, 5.74) is 0.506. The minimum Gasteiger partial charge on any atom is -0.504 e. The molecule has 0 saturated heterocycles. The lowest BCUT2D eigenvalue weighted by molar-refractivity contribution is 0.373. The topological polar surface area (TPSA) is 91.3 Å². The number of aromatic hydroxyl groups is 1. The Morgan fingerprint density at radius 1 is 1.14 bits per heavy atom. The minimum atomic E-state index is -0.459. The van der Waals surface area contributed by atoms with Gasteiger partial charge >= 0.3 is 5.69 Å². The first kappa shape index (κ1) is 19.9. The van der Waals surface area contributed by atoms with Crippen molar-refractivity contribution in [2.45, 2.75) is 13.1 Å². The Bertz CT molecular complexity index is 1240. The second-order valence-electron chi connectivity index (χ2n) is 6.35. The molecule has 8 heteroatoms.